The molecule has 1 aliphatic heterocycles. The molecule has 16 heavy (non-hydrogen) atoms. The van der Waals surface area contributed by atoms with E-state index < -0.39 is 0 Å². The predicted octanol–water partition coefficient (Wildman–Crippen LogP) is 2.20. The summed E-state index contributed by atoms with van der Waals surface area (Å²) < 4.78 is 2.29. The topological polar surface area (TPSA) is 7.12 Å². The van der Waals surface area contributed by atoms with Gasteiger partial charge in [-0.1, -0.05) is 12.2 Å². The Labute approximate surface area is 96.5 Å². The zero-order chi connectivity index (χ0) is 11.3. The summed E-state index contributed by atoms with van der Waals surface area (Å²) in [7, 11) is 4.32. The van der Waals surface area contributed by atoms with Crippen LogP contribution < -0.4 is 9.47 Å². The normalized spacial score (nSPS) is 21.8. The summed E-state index contributed by atoms with van der Waals surface area (Å²) in [6.45, 7) is 2.16. The average molecular weight is 213 g/mol. The molecule has 2 heteroatoms. The monoisotopic (exact) mass is 213 g/mol. The first kappa shape index (κ1) is 9.64. The summed E-state index contributed by atoms with van der Waals surface area (Å²) in [5, 5.41) is 0. The molecule has 1 aromatic heterocycles. The molecule has 0 N–H and O–H groups in total. The SMILES string of the molecule is Cc1ccc2c([n+]1C)N(C)C1=CC=CCC12. The van der Waals surface area contributed by atoms with E-state index in [1.54, 1.807) is 0 Å². The molecule has 2 heterocycles. The Balaban J connectivity index is 2.24. The van der Waals surface area contributed by atoms with Crippen LogP contribution in [0.3, 0.4) is 0 Å². The van der Waals surface area contributed by atoms with E-state index in [1.165, 1.54) is 22.8 Å². The zero-order valence-electron chi connectivity index (χ0n) is 10.1. The van der Waals surface area contributed by atoms with Gasteiger partial charge in [-0.15, -0.1) is 0 Å². The van der Waals surface area contributed by atoms with Crippen LogP contribution in [0.2, 0.25) is 0 Å². The Morgan fingerprint density at radius 3 is 3.00 bits per heavy atom. The molecule has 0 amide bonds. The van der Waals surface area contributed by atoms with Gasteiger partial charge in [-0.25, -0.2) is 9.47 Å². The highest BCUT2D eigenvalue weighted by Crippen LogP contribution is 2.43. The Morgan fingerprint density at radius 2 is 2.19 bits per heavy atom. The van der Waals surface area contributed by atoms with Crippen LogP contribution >= 0.6 is 0 Å². The molecule has 0 fully saturated rings. The molecule has 2 aliphatic rings. The van der Waals surface area contributed by atoms with Gasteiger partial charge < -0.3 is 0 Å². The van der Waals surface area contributed by atoms with Crippen LogP contribution in [0.25, 0.3) is 0 Å². The summed E-state index contributed by atoms with van der Waals surface area (Å²) >= 11 is 0. The molecule has 2 nitrogen and oxygen atoms in total. The van der Waals surface area contributed by atoms with Crippen LogP contribution in [0.15, 0.2) is 36.1 Å². The number of anilines is 1. The second-order valence-corrected chi connectivity index (χ2v) is 4.68. The largest absolute Gasteiger partial charge is 0.285 e. The van der Waals surface area contributed by atoms with Crippen molar-refractivity contribution >= 4 is 5.82 Å². The van der Waals surface area contributed by atoms with Crippen LogP contribution in [-0.2, 0) is 7.05 Å². The Hall–Kier alpha value is -1.57. The predicted molar refractivity (Wildman–Crippen MR) is 65.3 cm³/mol. The van der Waals surface area contributed by atoms with E-state index in [0.29, 0.717) is 5.92 Å². The molecule has 82 valence electrons. The van der Waals surface area contributed by atoms with Crippen LogP contribution in [0.5, 0.6) is 0 Å². The van der Waals surface area contributed by atoms with Crippen molar-refractivity contribution in [1.29, 1.82) is 0 Å². The third-order valence-corrected chi connectivity index (χ3v) is 3.82. The maximum absolute atomic E-state index is 2.33. The third kappa shape index (κ3) is 1.10. The summed E-state index contributed by atoms with van der Waals surface area (Å²) in [5.74, 6) is 1.91. The molecule has 1 unspecified atom stereocenters. The lowest BCUT2D eigenvalue weighted by Crippen LogP contribution is -2.38. The lowest BCUT2D eigenvalue weighted by molar-refractivity contribution is -0.664. The van der Waals surface area contributed by atoms with E-state index in [-0.39, 0.29) is 0 Å². The lowest BCUT2D eigenvalue weighted by Gasteiger charge is -2.13. The quantitative estimate of drug-likeness (QED) is 0.599. The fourth-order valence-electron chi connectivity index (χ4n) is 2.82. The maximum atomic E-state index is 2.33. The number of fused-ring (bicyclic) bond motifs is 3. The minimum absolute atomic E-state index is 0.566. The van der Waals surface area contributed by atoms with E-state index in [1.807, 2.05) is 0 Å². The van der Waals surface area contributed by atoms with Crippen molar-refractivity contribution in [2.24, 2.45) is 7.05 Å². The number of hydrogen-bond acceptors (Lipinski definition) is 1. The standard InChI is InChI=1S/C14H17N2/c1-10-8-9-12-11-6-4-5-7-13(11)16(3)14(12)15(10)2/h4-5,7-9,11H,6H2,1-3H3/q+1. The molecule has 0 aromatic carbocycles. The molecular weight excluding hydrogens is 196 g/mol. The van der Waals surface area contributed by atoms with Gasteiger partial charge >= 0.3 is 0 Å². The molecular formula is C14H17N2+. The van der Waals surface area contributed by atoms with Gasteiger partial charge in [-0.05, 0) is 31.6 Å². The van der Waals surface area contributed by atoms with Crippen LogP contribution in [0, 0.1) is 6.92 Å². The zero-order valence-corrected chi connectivity index (χ0v) is 10.1. The van der Waals surface area contributed by atoms with E-state index >= 15 is 0 Å². The maximum Gasteiger partial charge on any atom is 0.285 e. The van der Waals surface area contributed by atoms with Crippen molar-refractivity contribution in [1.82, 2.24) is 0 Å². The Bertz CT molecular complexity index is 512. The number of aryl methyl sites for hydroxylation is 1. The second-order valence-electron chi connectivity index (χ2n) is 4.68. The van der Waals surface area contributed by atoms with E-state index in [9.17, 15) is 0 Å². The fraction of sp³-hybridized carbons (Fsp3) is 0.357. The van der Waals surface area contributed by atoms with Gasteiger partial charge in [0.25, 0.3) is 5.82 Å². The van der Waals surface area contributed by atoms with Gasteiger partial charge in [0.15, 0.2) is 0 Å². The van der Waals surface area contributed by atoms with Crippen molar-refractivity contribution in [3.8, 4) is 0 Å². The highest BCUT2D eigenvalue weighted by Gasteiger charge is 2.40. The van der Waals surface area contributed by atoms with Gasteiger partial charge in [0.1, 0.15) is 11.4 Å². The minimum Gasteiger partial charge on any atom is -0.234 e. The first-order valence-electron chi connectivity index (χ1n) is 5.80. The van der Waals surface area contributed by atoms with Gasteiger partial charge in [-0.2, -0.15) is 0 Å². The first-order valence-corrected chi connectivity index (χ1v) is 5.80. The molecule has 1 atom stereocenters. The van der Waals surface area contributed by atoms with Gasteiger partial charge in [0.2, 0.25) is 0 Å². The number of likely N-dealkylation sites (N-methyl/N-ethyl adjacent to an activating group) is 1. The lowest BCUT2D eigenvalue weighted by atomic mass is 9.93. The smallest absolute Gasteiger partial charge is 0.234 e. The second kappa shape index (κ2) is 3.21. The number of pyridine rings is 1. The molecule has 1 aromatic rings. The summed E-state index contributed by atoms with van der Waals surface area (Å²) in [6.07, 6.45) is 7.80. The average Bonchev–Trinajstić information content (AvgIpc) is 2.59. The first-order chi connectivity index (χ1) is 7.70. The summed E-state index contributed by atoms with van der Waals surface area (Å²) in [4.78, 5) is 2.33. The van der Waals surface area contributed by atoms with E-state index in [4.69, 9.17) is 0 Å². The molecule has 1 aliphatic carbocycles. The Morgan fingerprint density at radius 1 is 1.38 bits per heavy atom. The van der Waals surface area contributed by atoms with Crippen molar-refractivity contribution in [2.75, 3.05) is 11.9 Å². The summed E-state index contributed by atoms with van der Waals surface area (Å²) in [6, 6.07) is 4.50. The molecule has 0 saturated carbocycles. The number of nitrogens with zero attached hydrogens (tertiary/aromatic N) is 2. The van der Waals surface area contributed by atoms with Crippen molar-refractivity contribution < 1.29 is 4.57 Å². The number of aromatic nitrogens is 1. The van der Waals surface area contributed by atoms with E-state index in [0.717, 1.165) is 6.42 Å². The Kier molecular flexibility index (Phi) is 1.93. The van der Waals surface area contributed by atoms with Gasteiger partial charge in [0.05, 0.1) is 25.6 Å². The minimum atomic E-state index is 0.566. The molecule has 0 bridgehead atoms. The number of hydrogen-bond donors (Lipinski definition) is 0. The van der Waals surface area contributed by atoms with Gasteiger partial charge in [0, 0.05) is 0 Å². The molecule has 3 rings (SSSR count). The van der Waals surface area contributed by atoms with Crippen molar-refractivity contribution in [3.05, 3.63) is 47.3 Å². The van der Waals surface area contributed by atoms with Crippen LogP contribution in [0.4, 0.5) is 5.82 Å². The highest BCUT2D eigenvalue weighted by molar-refractivity contribution is 5.62. The van der Waals surface area contributed by atoms with E-state index in [2.05, 4.69) is 60.8 Å². The van der Waals surface area contributed by atoms with Crippen molar-refractivity contribution in [3.63, 3.8) is 0 Å². The van der Waals surface area contributed by atoms with Crippen molar-refractivity contribution in [2.45, 2.75) is 19.3 Å². The molecule has 0 saturated heterocycles. The molecule has 0 radical (unpaired) electrons. The number of rotatable bonds is 0. The van der Waals surface area contributed by atoms with Crippen LogP contribution in [-0.4, -0.2) is 7.05 Å². The molecule has 0 spiro atoms. The third-order valence-electron chi connectivity index (χ3n) is 3.82. The number of allylic oxidation sites excluding steroid dienone is 4. The van der Waals surface area contributed by atoms with Gasteiger partial charge in [-0.3, -0.25) is 0 Å². The van der Waals surface area contributed by atoms with Crippen LogP contribution in [0.1, 0.15) is 23.6 Å². The summed E-state index contributed by atoms with van der Waals surface area (Å²) in [5.41, 5.74) is 4.20. The fourth-order valence-corrected chi connectivity index (χ4v) is 2.82. The highest BCUT2D eigenvalue weighted by atomic mass is 15.2.